The predicted molar refractivity (Wildman–Crippen MR) is 100.0 cm³/mol. The minimum absolute atomic E-state index is 0.147. The maximum absolute atomic E-state index is 12.1. The van der Waals surface area contributed by atoms with Crippen LogP contribution in [0.4, 0.5) is 14.9 Å². The third kappa shape index (κ3) is 4.03. The van der Waals surface area contributed by atoms with Crippen LogP contribution in [0.25, 0.3) is 17.1 Å². The SMILES string of the molecule is N#C/C(=C\c1c[nH]c2ncc(N3CCN(C(=O)OCCF)CC3)cc12)C(N)=O. The first-order chi connectivity index (χ1) is 13.5. The number of pyridine rings is 1. The number of nitriles is 1. The molecule has 2 amide bonds. The number of carbonyl (C=O) groups is 2. The molecule has 0 aromatic carbocycles. The van der Waals surface area contributed by atoms with Gasteiger partial charge >= 0.3 is 6.09 Å². The molecule has 146 valence electrons. The quantitative estimate of drug-likeness (QED) is 0.587. The second kappa shape index (κ2) is 8.39. The minimum Gasteiger partial charge on any atom is -0.447 e. The summed E-state index contributed by atoms with van der Waals surface area (Å²) >= 11 is 0. The maximum atomic E-state index is 12.1. The first-order valence-electron chi connectivity index (χ1n) is 8.65. The number of aromatic amines is 1. The fraction of sp³-hybridized carbons (Fsp3) is 0.333. The van der Waals surface area contributed by atoms with Crippen molar-refractivity contribution in [2.24, 2.45) is 5.73 Å². The molecule has 2 aromatic heterocycles. The van der Waals surface area contributed by atoms with E-state index in [9.17, 15) is 14.0 Å². The largest absolute Gasteiger partial charge is 0.447 e. The lowest BCUT2D eigenvalue weighted by atomic mass is 10.1. The Bertz CT molecular complexity index is 956. The number of nitrogens with two attached hydrogens (primary N) is 1. The van der Waals surface area contributed by atoms with E-state index in [-0.39, 0.29) is 12.2 Å². The summed E-state index contributed by atoms with van der Waals surface area (Å²) in [5.41, 5.74) is 7.14. The zero-order valence-corrected chi connectivity index (χ0v) is 15.0. The summed E-state index contributed by atoms with van der Waals surface area (Å²) in [6.45, 7) is 1.09. The van der Waals surface area contributed by atoms with Crippen molar-refractivity contribution >= 4 is 34.8 Å². The Labute approximate surface area is 160 Å². The van der Waals surface area contributed by atoms with Gasteiger partial charge in [0.2, 0.25) is 0 Å². The van der Waals surface area contributed by atoms with E-state index >= 15 is 0 Å². The van der Waals surface area contributed by atoms with Gasteiger partial charge in [-0.2, -0.15) is 5.26 Å². The summed E-state index contributed by atoms with van der Waals surface area (Å²) in [6.07, 6.45) is 4.27. The number of fused-ring (bicyclic) bond motifs is 1. The Balaban J connectivity index is 1.77. The molecule has 10 heteroatoms. The maximum Gasteiger partial charge on any atom is 0.409 e. The predicted octanol–water partition coefficient (Wildman–Crippen LogP) is 1.18. The summed E-state index contributed by atoms with van der Waals surface area (Å²) < 4.78 is 16.9. The van der Waals surface area contributed by atoms with E-state index in [4.69, 9.17) is 15.7 Å². The van der Waals surface area contributed by atoms with E-state index < -0.39 is 18.7 Å². The molecule has 9 nitrogen and oxygen atoms in total. The second-order valence-electron chi connectivity index (χ2n) is 6.15. The first kappa shape index (κ1) is 19.2. The fourth-order valence-electron chi connectivity index (χ4n) is 2.98. The summed E-state index contributed by atoms with van der Waals surface area (Å²) in [4.78, 5) is 34.1. The van der Waals surface area contributed by atoms with E-state index in [1.807, 2.05) is 6.07 Å². The average molecular weight is 386 g/mol. The Morgan fingerprint density at radius 2 is 2.14 bits per heavy atom. The summed E-state index contributed by atoms with van der Waals surface area (Å²) in [5.74, 6) is -0.795. The number of hydrogen-bond donors (Lipinski definition) is 2. The number of H-pyrrole nitrogens is 1. The summed E-state index contributed by atoms with van der Waals surface area (Å²) in [7, 11) is 0. The van der Waals surface area contributed by atoms with Gasteiger partial charge < -0.3 is 25.3 Å². The number of alkyl halides is 1. The van der Waals surface area contributed by atoms with Gasteiger partial charge in [0.1, 0.15) is 30.6 Å². The second-order valence-corrected chi connectivity index (χ2v) is 6.15. The van der Waals surface area contributed by atoms with Crippen molar-refractivity contribution in [3.05, 3.63) is 29.6 Å². The lowest BCUT2D eigenvalue weighted by Crippen LogP contribution is -2.49. The van der Waals surface area contributed by atoms with Crippen LogP contribution in [0.5, 0.6) is 0 Å². The normalized spacial score (nSPS) is 14.8. The number of carbonyl (C=O) groups excluding carboxylic acids is 2. The van der Waals surface area contributed by atoms with E-state index in [1.54, 1.807) is 18.5 Å². The zero-order chi connectivity index (χ0) is 20.1. The number of hydrogen-bond acceptors (Lipinski definition) is 6. The fourth-order valence-corrected chi connectivity index (χ4v) is 2.98. The van der Waals surface area contributed by atoms with Crippen LogP contribution in [0, 0.1) is 11.3 Å². The van der Waals surface area contributed by atoms with Crippen LogP contribution in [-0.4, -0.2) is 66.3 Å². The molecule has 1 aliphatic rings. The Kier molecular flexibility index (Phi) is 5.74. The highest BCUT2D eigenvalue weighted by Crippen LogP contribution is 2.25. The molecule has 1 aliphatic heterocycles. The summed E-state index contributed by atoms with van der Waals surface area (Å²) in [5, 5.41) is 9.78. The Hall–Kier alpha value is -3.61. The highest BCUT2D eigenvalue weighted by Gasteiger charge is 2.23. The molecule has 1 saturated heterocycles. The van der Waals surface area contributed by atoms with Gasteiger partial charge in [0.15, 0.2) is 0 Å². The van der Waals surface area contributed by atoms with Crippen molar-refractivity contribution in [3.63, 3.8) is 0 Å². The van der Waals surface area contributed by atoms with Crippen LogP contribution in [0.2, 0.25) is 0 Å². The smallest absolute Gasteiger partial charge is 0.409 e. The molecule has 0 atom stereocenters. The molecule has 28 heavy (non-hydrogen) atoms. The molecule has 0 spiro atoms. The van der Waals surface area contributed by atoms with Crippen molar-refractivity contribution in [1.82, 2.24) is 14.9 Å². The Morgan fingerprint density at radius 1 is 1.39 bits per heavy atom. The van der Waals surface area contributed by atoms with E-state index in [0.717, 1.165) is 11.1 Å². The van der Waals surface area contributed by atoms with Crippen molar-refractivity contribution in [1.29, 1.82) is 5.26 Å². The Morgan fingerprint density at radius 3 is 2.79 bits per heavy atom. The van der Waals surface area contributed by atoms with Crippen LogP contribution in [-0.2, 0) is 9.53 Å². The van der Waals surface area contributed by atoms with Crippen LogP contribution in [0.15, 0.2) is 24.0 Å². The number of amides is 2. The van der Waals surface area contributed by atoms with Crippen molar-refractivity contribution in [3.8, 4) is 6.07 Å². The molecule has 0 radical (unpaired) electrons. The average Bonchev–Trinajstić information content (AvgIpc) is 3.12. The molecule has 0 aliphatic carbocycles. The van der Waals surface area contributed by atoms with Gasteiger partial charge in [-0.1, -0.05) is 0 Å². The van der Waals surface area contributed by atoms with E-state index in [2.05, 4.69) is 14.9 Å². The van der Waals surface area contributed by atoms with Crippen LogP contribution >= 0.6 is 0 Å². The number of nitrogens with one attached hydrogen (secondary N) is 1. The lowest BCUT2D eigenvalue weighted by Gasteiger charge is -2.35. The number of primary amides is 1. The van der Waals surface area contributed by atoms with Gasteiger partial charge in [-0.15, -0.1) is 0 Å². The van der Waals surface area contributed by atoms with Crippen LogP contribution in [0.1, 0.15) is 5.56 Å². The minimum atomic E-state index is -0.795. The van der Waals surface area contributed by atoms with Crippen LogP contribution < -0.4 is 10.6 Å². The molecular weight excluding hydrogens is 367 g/mol. The molecule has 3 N–H and O–H groups in total. The van der Waals surface area contributed by atoms with Gasteiger partial charge in [-0.05, 0) is 12.1 Å². The molecule has 3 rings (SSSR count). The summed E-state index contributed by atoms with van der Waals surface area (Å²) in [6, 6.07) is 3.68. The van der Waals surface area contributed by atoms with Gasteiger partial charge in [0.05, 0.1) is 11.9 Å². The molecule has 0 saturated carbocycles. The highest BCUT2D eigenvalue weighted by atomic mass is 19.1. The van der Waals surface area contributed by atoms with E-state index in [0.29, 0.717) is 37.4 Å². The van der Waals surface area contributed by atoms with Crippen molar-refractivity contribution < 1.29 is 18.7 Å². The lowest BCUT2D eigenvalue weighted by molar-refractivity contribution is -0.114. The molecular formula is C18H19FN6O3. The zero-order valence-electron chi connectivity index (χ0n) is 15.0. The van der Waals surface area contributed by atoms with Crippen molar-refractivity contribution in [2.75, 3.05) is 44.4 Å². The monoisotopic (exact) mass is 386 g/mol. The number of anilines is 1. The van der Waals surface area contributed by atoms with Gasteiger partial charge in [-0.25, -0.2) is 14.2 Å². The number of piperazine rings is 1. The van der Waals surface area contributed by atoms with Crippen LogP contribution in [0.3, 0.4) is 0 Å². The number of ether oxygens (including phenoxy) is 1. The molecule has 2 aromatic rings. The molecule has 1 fully saturated rings. The first-order valence-corrected chi connectivity index (χ1v) is 8.65. The topological polar surface area (TPSA) is 128 Å². The third-order valence-corrected chi connectivity index (χ3v) is 4.44. The van der Waals surface area contributed by atoms with E-state index in [1.165, 1.54) is 11.0 Å². The van der Waals surface area contributed by atoms with Gasteiger partial charge in [0, 0.05) is 43.3 Å². The van der Waals surface area contributed by atoms with Gasteiger partial charge in [-0.3, -0.25) is 4.79 Å². The molecule has 0 bridgehead atoms. The van der Waals surface area contributed by atoms with Crippen molar-refractivity contribution in [2.45, 2.75) is 0 Å². The van der Waals surface area contributed by atoms with Gasteiger partial charge in [0.25, 0.3) is 5.91 Å². The molecule has 3 heterocycles. The third-order valence-electron chi connectivity index (χ3n) is 4.44. The number of aromatic nitrogens is 2. The number of nitrogens with zero attached hydrogens (tertiary/aromatic N) is 4. The number of halogens is 1. The molecule has 0 unspecified atom stereocenters. The number of rotatable bonds is 5. The highest BCUT2D eigenvalue weighted by molar-refractivity contribution is 6.03. The standard InChI is InChI=1S/C18H19FN6O3/c19-1-6-28-18(27)25-4-2-24(3-5-25)14-8-15-13(7-12(9-20)16(21)26)10-22-17(15)23-11-14/h7-8,10-11H,1-6H2,(H2,21,26)(H,22,23)/b12-7+.